The first-order valence-electron chi connectivity index (χ1n) is 6.77. The summed E-state index contributed by atoms with van der Waals surface area (Å²) >= 11 is 0. The van der Waals surface area contributed by atoms with Crippen molar-refractivity contribution in [2.75, 3.05) is 19.6 Å². The van der Waals surface area contributed by atoms with Gasteiger partial charge in [0.15, 0.2) is 0 Å². The third kappa shape index (κ3) is 3.75. The summed E-state index contributed by atoms with van der Waals surface area (Å²) < 4.78 is 19.6. The van der Waals surface area contributed by atoms with E-state index in [0.29, 0.717) is 12.1 Å². The molecular weight excluding hydrogens is 243 g/mol. The average molecular weight is 266 g/mol. The minimum absolute atomic E-state index is 0.174. The Bertz CT molecular complexity index is 436. The van der Waals surface area contributed by atoms with E-state index in [1.165, 1.54) is 6.07 Å². The Labute approximate surface area is 114 Å². The van der Waals surface area contributed by atoms with E-state index in [1.54, 1.807) is 12.1 Å². The molecule has 3 nitrogen and oxygen atoms in total. The number of hydrogen-bond acceptors (Lipinski definition) is 3. The second-order valence-corrected chi connectivity index (χ2v) is 6.01. The SMILES string of the molecule is CC1CN(CC(N)c2ccccc2F)CC(C)(C)O1. The van der Waals surface area contributed by atoms with Crippen molar-refractivity contribution in [2.45, 2.75) is 38.5 Å². The van der Waals surface area contributed by atoms with Gasteiger partial charge < -0.3 is 10.5 Å². The summed E-state index contributed by atoms with van der Waals surface area (Å²) in [6, 6.07) is 6.42. The van der Waals surface area contributed by atoms with Crippen molar-refractivity contribution in [3.8, 4) is 0 Å². The van der Waals surface area contributed by atoms with Crippen LogP contribution in [0, 0.1) is 5.82 Å². The fourth-order valence-corrected chi connectivity index (χ4v) is 2.88. The molecule has 0 radical (unpaired) electrons. The van der Waals surface area contributed by atoms with Gasteiger partial charge in [-0.05, 0) is 26.8 Å². The molecule has 0 aliphatic carbocycles. The Balaban J connectivity index is 2.03. The highest BCUT2D eigenvalue weighted by atomic mass is 19.1. The van der Waals surface area contributed by atoms with E-state index in [9.17, 15) is 4.39 Å². The first-order chi connectivity index (χ1) is 8.87. The lowest BCUT2D eigenvalue weighted by Crippen LogP contribution is -2.53. The average Bonchev–Trinajstić information content (AvgIpc) is 2.26. The number of morpholine rings is 1. The highest BCUT2D eigenvalue weighted by molar-refractivity contribution is 5.21. The van der Waals surface area contributed by atoms with Crippen LogP contribution in [0.25, 0.3) is 0 Å². The van der Waals surface area contributed by atoms with Crippen LogP contribution in [0.5, 0.6) is 0 Å². The van der Waals surface area contributed by atoms with Crippen molar-refractivity contribution < 1.29 is 9.13 Å². The summed E-state index contributed by atoms with van der Waals surface area (Å²) in [5, 5.41) is 0. The van der Waals surface area contributed by atoms with Crippen molar-refractivity contribution in [3.63, 3.8) is 0 Å². The number of benzene rings is 1. The van der Waals surface area contributed by atoms with Gasteiger partial charge in [-0.1, -0.05) is 18.2 Å². The zero-order valence-corrected chi connectivity index (χ0v) is 11.9. The fraction of sp³-hybridized carbons (Fsp3) is 0.600. The molecule has 0 bridgehead atoms. The lowest BCUT2D eigenvalue weighted by molar-refractivity contribution is -0.129. The topological polar surface area (TPSA) is 38.5 Å². The summed E-state index contributed by atoms with van der Waals surface area (Å²) in [5.74, 6) is -0.226. The third-order valence-corrected chi connectivity index (χ3v) is 3.40. The minimum atomic E-state index is -0.303. The highest BCUT2D eigenvalue weighted by Gasteiger charge is 2.32. The maximum absolute atomic E-state index is 13.7. The Morgan fingerprint density at radius 1 is 1.47 bits per heavy atom. The summed E-state index contributed by atoms with van der Waals surface area (Å²) in [4.78, 5) is 2.26. The van der Waals surface area contributed by atoms with Gasteiger partial charge in [0.25, 0.3) is 0 Å². The molecule has 0 spiro atoms. The summed E-state index contributed by atoms with van der Waals surface area (Å²) in [6.45, 7) is 8.51. The molecule has 2 rings (SSSR count). The van der Waals surface area contributed by atoms with Gasteiger partial charge in [0.1, 0.15) is 5.82 Å². The first kappa shape index (κ1) is 14.4. The highest BCUT2D eigenvalue weighted by Crippen LogP contribution is 2.23. The molecule has 2 unspecified atom stereocenters. The molecular formula is C15H23FN2O. The van der Waals surface area contributed by atoms with E-state index in [0.717, 1.165) is 13.1 Å². The fourth-order valence-electron chi connectivity index (χ4n) is 2.88. The molecule has 1 aliphatic rings. The molecule has 1 saturated heterocycles. The van der Waals surface area contributed by atoms with Gasteiger partial charge in [0.2, 0.25) is 0 Å². The van der Waals surface area contributed by atoms with Crippen molar-refractivity contribution in [3.05, 3.63) is 35.6 Å². The Hall–Kier alpha value is -0.970. The van der Waals surface area contributed by atoms with E-state index < -0.39 is 0 Å². The standard InChI is InChI=1S/C15H23FN2O/c1-11-8-18(10-15(2,3)19-11)9-14(17)12-6-4-5-7-13(12)16/h4-7,11,14H,8-10,17H2,1-3H3. The molecule has 1 heterocycles. The maximum Gasteiger partial charge on any atom is 0.128 e. The summed E-state index contributed by atoms with van der Waals surface area (Å²) in [7, 11) is 0. The largest absolute Gasteiger partial charge is 0.370 e. The molecule has 1 fully saturated rings. The Morgan fingerprint density at radius 2 is 2.16 bits per heavy atom. The van der Waals surface area contributed by atoms with Gasteiger partial charge in [-0.2, -0.15) is 0 Å². The van der Waals surface area contributed by atoms with E-state index >= 15 is 0 Å². The quantitative estimate of drug-likeness (QED) is 0.912. The second-order valence-electron chi connectivity index (χ2n) is 6.01. The lowest BCUT2D eigenvalue weighted by Gasteiger charge is -2.42. The number of rotatable bonds is 3. The van der Waals surface area contributed by atoms with E-state index in [2.05, 4.69) is 25.7 Å². The van der Waals surface area contributed by atoms with Crippen LogP contribution in [0.3, 0.4) is 0 Å². The molecule has 1 aromatic rings. The number of nitrogens with two attached hydrogens (primary N) is 1. The number of ether oxygens (including phenoxy) is 1. The Morgan fingerprint density at radius 3 is 2.79 bits per heavy atom. The molecule has 19 heavy (non-hydrogen) atoms. The van der Waals surface area contributed by atoms with Gasteiger partial charge in [-0.15, -0.1) is 0 Å². The molecule has 2 N–H and O–H groups in total. The monoisotopic (exact) mass is 266 g/mol. The van der Waals surface area contributed by atoms with Crippen molar-refractivity contribution in [1.82, 2.24) is 4.90 Å². The molecule has 2 atom stereocenters. The van der Waals surface area contributed by atoms with E-state index in [1.807, 2.05) is 6.07 Å². The van der Waals surface area contributed by atoms with Crippen LogP contribution < -0.4 is 5.73 Å². The zero-order chi connectivity index (χ0) is 14.0. The van der Waals surface area contributed by atoms with Crippen LogP contribution in [0.1, 0.15) is 32.4 Å². The normalized spacial score (nSPS) is 25.2. The van der Waals surface area contributed by atoms with Gasteiger partial charge in [-0.25, -0.2) is 4.39 Å². The lowest BCUT2D eigenvalue weighted by atomic mass is 10.0. The predicted molar refractivity (Wildman–Crippen MR) is 74.4 cm³/mol. The predicted octanol–water partition coefficient (Wildman–Crippen LogP) is 2.32. The molecule has 0 saturated carbocycles. The van der Waals surface area contributed by atoms with Crippen molar-refractivity contribution in [2.24, 2.45) is 5.73 Å². The second kappa shape index (κ2) is 5.57. The van der Waals surface area contributed by atoms with Crippen LogP contribution >= 0.6 is 0 Å². The zero-order valence-electron chi connectivity index (χ0n) is 11.9. The van der Waals surface area contributed by atoms with Gasteiger partial charge >= 0.3 is 0 Å². The minimum Gasteiger partial charge on any atom is -0.370 e. The molecule has 106 valence electrons. The molecule has 0 amide bonds. The Kier molecular flexibility index (Phi) is 4.23. The van der Waals surface area contributed by atoms with E-state index in [4.69, 9.17) is 10.5 Å². The van der Waals surface area contributed by atoms with Crippen LogP contribution in [-0.4, -0.2) is 36.2 Å². The van der Waals surface area contributed by atoms with Gasteiger partial charge in [0, 0.05) is 31.2 Å². The smallest absolute Gasteiger partial charge is 0.128 e. The van der Waals surface area contributed by atoms with Gasteiger partial charge in [0.05, 0.1) is 11.7 Å². The summed E-state index contributed by atoms with van der Waals surface area (Å²) in [5.41, 5.74) is 6.55. The van der Waals surface area contributed by atoms with E-state index in [-0.39, 0.29) is 23.6 Å². The van der Waals surface area contributed by atoms with Crippen LogP contribution in [0.4, 0.5) is 4.39 Å². The first-order valence-corrected chi connectivity index (χ1v) is 6.77. The molecule has 4 heteroatoms. The van der Waals surface area contributed by atoms with Crippen molar-refractivity contribution in [1.29, 1.82) is 0 Å². The molecule has 0 aromatic heterocycles. The number of halogens is 1. The molecule has 1 aromatic carbocycles. The summed E-state index contributed by atoms with van der Waals surface area (Å²) in [6.07, 6.45) is 0.177. The molecule has 1 aliphatic heterocycles. The van der Waals surface area contributed by atoms with Gasteiger partial charge in [-0.3, -0.25) is 4.90 Å². The van der Waals surface area contributed by atoms with Crippen LogP contribution in [-0.2, 0) is 4.74 Å². The number of nitrogens with zero attached hydrogens (tertiary/aromatic N) is 1. The maximum atomic E-state index is 13.7. The number of hydrogen-bond donors (Lipinski definition) is 1. The van der Waals surface area contributed by atoms with Crippen LogP contribution in [0.2, 0.25) is 0 Å². The third-order valence-electron chi connectivity index (χ3n) is 3.40. The van der Waals surface area contributed by atoms with Crippen molar-refractivity contribution >= 4 is 0 Å². The van der Waals surface area contributed by atoms with Crippen LogP contribution in [0.15, 0.2) is 24.3 Å².